The smallest absolute Gasteiger partial charge is 0.182 e. The van der Waals surface area contributed by atoms with Crippen molar-refractivity contribution in [2.75, 3.05) is 0 Å². The van der Waals surface area contributed by atoms with Gasteiger partial charge in [-0.1, -0.05) is 55.6 Å². The first-order chi connectivity index (χ1) is 8.71. The van der Waals surface area contributed by atoms with Crippen molar-refractivity contribution < 1.29 is 0 Å². The van der Waals surface area contributed by atoms with E-state index < -0.39 is 0 Å². The van der Waals surface area contributed by atoms with Crippen molar-refractivity contribution in [3.63, 3.8) is 0 Å². The van der Waals surface area contributed by atoms with Gasteiger partial charge in [0.1, 0.15) is 0 Å². The molecular formula is C13H13Cl3N2S. The maximum absolute atomic E-state index is 6.26. The summed E-state index contributed by atoms with van der Waals surface area (Å²) in [6, 6.07) is 3.35. The molecule has 19 heavy (non-hydrogen) atoms. The van der Waals surface area contributed by atoms with E-state index in [1.807, 2.05) is 10.8 Å². The van der Waals surface area contributed by atoms with E-state index >= 15 is 0 Å². The standard InChI is InChI=1S/C13H13Cl3N2S/c1-13(2,3)11-6-17-12(19)18(11)10-5-8(15)7(14)4-9(10)16/h4-6H,1-3H3,(H,17,19). The van der Waals surface area contributed by atoms with Gasteiger partial charge >= 0.3 is 0 Å². The zero-order valence-electron chi connectivity index (χ0n) is 10.7. The Morgan fingerprint density at radius 1 is 1.05 bits per heavy atom. The molecule has 0 aliphatic heterocycles. The van der Waals surface area contributed by atoms with E-state index in [9.17, 15) is 0 Å². The van der Waals surface area contributed by atoms with Crippen LogP contribution in [0.15, 0.2) is 18.3 Å². The molecule has 0 unspecified atom stereocenters. The van der Waals surface area contributed by atoms with E-state index in [2.05, 4.69) is 25.8 Å². The lowest BCUT2D eigenvalue weighted by Gasteiger charge is -2.21. The molecule has 2 rings (SSSR count). The molecule has 1 aromatic carbocycles. The van der Waals surface area contributed by atoms with Gasteiger partial charge in [0, 0.05) is 17.3 Å². The predicted octanol–water partition coefficient (Wildman–Crippen LogP) is 5.79. The molecule has 2 nitrogen and oxygen atoms in total. The third-order valence-electron chi connectivity index (χ3n) is 2.78. The van der Waals surface area contributed by atoms with Gasteiger partial charge in [0.15, 0.2) is 4.77 Å². The lowest BCUT2D eigenvalue weighted by molar-refractivity contribution is 0.556. The second-order valence-corrected chi connectivity index (χ2v) is 6.89. The molecular weight excluding hydrogens is 323 g/mol. The lowest BCUT2D eigenvalue weighted by Crippen LogP contribution is -2.17. The van der Waals surface area contributed by atoms with Crippen LogP contribution in [-0.2, 0) is 5.41 Å². The molecule has 0 aliphatic carbocycles. The minimum absolute atomic E-state index is 0.0804. The quantitative estimate of drug-likeness (QED) is 0.516. The first-order valence-electron chi connectivity index (χ1n) is 5.67. The van der Waals surface area contributed by atoms with E-state index in [-0.39, 0.29) is 5.41 Å². The number of benzene rings is 1. The molecule has 1 N–H and O–H groups in total. The Labute approximate surface area is 132 Å². The van der Waals surface area contributed by atoms with Crippen molar-refractivity contribution in [3.8, 4) is 5.69 Å². The Morgan fingerprint density at radius 2 is 1.63 bits per heavy atom. The first kappa shape index (κ1) is 14.9. The highest BCUT2D eigenvalue weighted by molar-refractivity contribution is 7.71. The molecule has 0 fully saturated rings. The highest BCUT2D eigenvalue weighted by Crippen LogP contribution is 2.34. The molecule has 2 aromatic rings. The Hall–Kier alpha value is -0.480. The summed E-state index contributed by atoms with van der Waals surface area (Å²) in [6.07, 6.45) is 1.89. The molecule has 1 aromatic heterocycles. The fourth-order valence-corrected chi connectivity index (χ4v) is 2.72. The van der Waals surface area contributed by atoms with Crippen molar-refractivity contribution in [3.05, 3.63) is 43.9 Å². The zero-order chi connectivity index (χ0) is 14.4. The van der Waals surface area contributed by atoms with Gasteiger partial charge in [0.25, 0.3) is 0 Å². The minimum Gasteiger partial charge on any atom is -0.337 e. The molecule has 0 bridgehead atoms. The van der Waals surface area contributed by atoms with Crippen LogP contribution >= 0.6 is 47.0 Å². The maximum atomic E-state index is 6.26. The summed E-state index contributed by atoms with van der Waals surface area (Å²) in [5.74, 6) is 0. The predicted molar refractivity (Wildman–Crippen MR) is 84.7 cm³/mol. The SMILES string of the molecule is CC(C)(C)c1c[nH]c(=S)n1-c1cc(Cl)c(Cl)cc1Cl. The number of hydrogen-bond acceptors (Lipinski definition) is 1. The third-order valence-corrected chi connectivity index (χ3v) is 4.10. The lowest BCUT2D eigenvalue weighted by atomic mass is 9.92. The molecule has 0 radical (unpaired) electrons. The fraction of sp³-hybridized carbons (Fsp3) is 0.308. The Kier molecular flexibility index (Phi) is 4.03. The van der Waals surface area contributed by atoms with Crippen LogP contribution in [-0.4, -0.2) is 9.55 Å². The fourth-order valence-electron chi connectivity index (χ4n) is 1.84. The number of aromatic amines is 1. The Balaban J connectivity index is 2.76. The summed E-state index contributed by atoms with van der Waals surface area (Å²) in [4.78, 5) is 3.05. The average molecular weight is 336 g/mol. The van der Waals surface area contributed by atoms with Crippen molar-refractivity contribution in [1.29, 1.82) is 0 Å². The van der Waals surface area contributed by atoms with Gasteiger partial charge in [-0.2, -0.15) is 0 Å². The monoisotopic (exact) mass is 334 g/mol. The van der Waals surface area contributed by atoms with Crippen molar-refractivity contribution >= 4 is 47.0 Å². The zero-order valence-corrected chi connectivity index (χ0v) is 13.8. The Bertz CT molecular complexity index is 680. The van der Waals surface area contributed by atoms with Gasteiger partial charge in [-0.05, 0) is 24.4 Å². The van der Waals surface area contributed by atoms with Gasteiger partial charge in [0.05, 0.1) is 20.8 Å². The molecule has 0 spiro atoms. The number of nitrogens with one attached hydrogen (secondary N) is 1. The van der Waals surface area contributed by atoms with Gasteiger partial charge in [-0.25, -0.2) is 0 Å². The normalized spacial score (nSPS) is 11.9. The Morgan fingerprint density at radius 3 is 2.21 bits per heavy atom. The summed E-state index contributed by atoms with van der Waals surface area (Å²) in [5.41, 5.74) is 1.67. The molecule has 102 valence electrons. The summed E-state index contributed by atoms with van der Waals surface area (Å²) in [7, 11) is 0. The van der Waals surface area contributed by atoms with E-state index in [4.69, 9.17) is 47.0 Å². The maximum Gasteiger partial charge on any atom is 0.182 e. The first-order valence-corrected chi connectivity index (χ1v) is 7.22. The highest BCUT2D eigenvalue weighted by atomic mass is 35.5. The van der Waals surface area contributed by atoms with E-state index in [1.54, 1.807) is 12.1 Å². The summed E-state index contributed by atoms with van der Waals surface area (Å²) in [6.45, 7) is 6.31. The van der Waals surface area contributed by atoms with Crippen LogP contribution in [0, 0.1) is 4.77 Å². The highest BCUT2D eigenvalue weighted by Gasteiger charge is 2.21. The van der Waals surface area contributed by atoms with Crippen LogP contribution in [0.3, 0.4) is 0 Å². The number of halogens is 3. The molecule has 6 heteroatoms. The van der Waals surface area contributed by atoms with Crippen LogP contribution < -0.4 is 0 Å². The molecule has 0 aliphatic rings. The number of imidazole rings is 1. The van der Waals surface area contributed by atoms with Crippen LogP contribution in [0.4, 0.5) is 0 Å². The number of nitrogens with zero attached hydrogens (tertiary/aromatic N) is 1. The second kappa shape index (κ2) is 5.13. The molecule has 1 heterocycles. The van der Waals surface area contributed by atoms with Crippen LogP contribution in [0.1, 0.15) is 26.5 Å². The molecule has 0 saturated carbocycles. The number of aromatic nitrogens is 2. The summed E-state index contributed by atoms with van der Waals surface area (Å²) >= 11 is 23.6. The summed E-state index contributed by atoms with van der Waals surface area (Å²) in [5, 5.41) is 1.38. The van der Waals surface area contributed by atoms with E-state index in [1.165, 1.54) is 0 Å². The largest absolute Gasteiger partial charge is 0.337 e. The second-order valence-electron chi connectivity index (χ2n) is 5.28. The molecule has 0 atom stereocenters. The minimum atomic E-state index is -0.0804. The summed E-state index contributed by atoms with van der Waals surface area (Å²) < 4.78 is 2.46. The average Bonchev–Trinajstić information content (AvgIpc) is 2.65. The van der Waals surface area contributed by atoms with Gasteiger partial charge in [0.2, 0.25) is 0 Å². The van der Waals surface area contributed by atoms with Gasteiger partial charge in [-0.3, -0.25) is 4.57 Å². The van der Waals surface area contributed by atoms with E-state index in [0.717, 1.165) is 11.4 Å². The van der Waals surface area contributed by atoms with Crippen molar-refractivity contribution in [2.45, 2.75) is 26.2 Å². The third kappa shape index (κ3) is 2.84. The van der Waals surface area contributed by atoms with Gasteiger partial charge in [-0.15, -0.1) is 0 Å². The van der Waals surface area contributed by atoms with Crippen LogP contribution in [0.5, 0.6) is 0 Å². The number of H-pyrrole nitrogens is 1. The van der Waals surface area contributed by atoms with E-state index in [0.29, 0.717) is 19.8 Å². The van der Waals surface area contributed by atoms with Crippen LogP contribution in [0.2, 0.25) is 15.1 Å². The molecule has 0 saturated heterocycles. The topological polar surface area (TPSA) is 20.7 Å². The molecule has 0 amide bonds. The van der Waals surface area contributed by atoms with Crippen LogP contribution in [0.25, 0.3) is 5.69 Å². The number of rotatable bonds is 1. The van der Waals surface area contributed by atoms with Crippen molar-refractivity contribution in [2.24, 2.45) is 0 Å². The van der Waals surface area contributed by atoms with Crippen molar-refractivity contribution in [1.82, 2.24) is 9.55 Å². The van der Waals surface area contributed by atoms with Gasteiger partial charge < -0.3 is 4.98 Å². The number of hydrogen-bond donors (Lipinski definition) is 1.